The highest BCUT2D eigenvalue weighted by atomic mass is 35.5. The highest BCUT2D eigenvalue weighted by Gasteiger charge is 2.25. The third-order valence-corrected chi connectivity index (χ3v) is 4.28. The van der Waals surface area contributed by atoms with Crippen molar-refractivity contribution in [2.45, 2.75) is 19.9 Å². The number of carbonyl (C=O) groups is 2. The van der Waals surface area contributed by atoms with E-state index in [9.17, 15) is 9.59 Å². The lowest BCUT2D eigenvalue weighted by atomic mass is 10.00. The number of fused-ring (bicyclic) bond motifs is 1. The maximum Gasteiger partial charge on any atom is 0.313 e. The number of halogens is 1. The van der Waals surface area contributed by atoms with Gasteiger partial charge in [-0.25, -0.2) is 0 Å². The molecule has 0 aromatic heterocycles. The minimum atomic E-state index is -0.616. The van der Waals surface area contributed by atoms with Gasteiger partial charge in [-0.1, -0.05) is 35.9 Å². The van der Waals surface area contributed by atoms with Crippen molar-refractivity contribution in [1.29, 1.82) is 0 Å². The van der Waals surface area contributed by atoms with E-state index in [2.05, 4.69) is 11.4 Å². The van der Waals surface area contributed by atoms with E-state index in [1.807, 2.05) is 25.1 Å². The molecule has 1 aliphatic rings. The van der Waals surface area contributed by atoms with Gasteiger partial charge in [0.15, 0.2) is 0 Å². The zero-order valence-electron chi connectivity index (χ0n) is 12.8. The van der Waals surface area contributed by atoms with Crippen LogP contribution < -0.4 is 5.32 Å². The molecule has 4 nitrogen and oxygen atoms in total. The molecule has 118 valence electrons. The number of nitrogens with one attached hydrogen (secondary N) is 1. The summed E-state index contributed by atoms with van der Waals surface area (Å²) in [6, 6.07) is 13.1. The lowest BCUT2D eigenvalue weighted by Gasteiger charge is -2.28. The zero-order chi connectivity index (χ0) is 16.4. The van der Waals surface area contributed by atoms with Crippen LogP contribution >= 0.6 is 11.6 Å². The molecule has 0 fully saturated rings. The van der Waals surface area contributed by atoms with Crippen molar-refractivity contribution >= 4 is 29.1 Å². The number of carbonyl (C=O) groups excluding carboxylic acids is 2. The lowest BCUT2D eigenvalue weighted by molar-refractivity contribution is -0.143. The minimum Gasteiger partial charge on any atom is -0.330 e. The molecule has 2 aromatic carbocycles. The Labute approximate surface area is 140 Å². The molecule has 23 heavy (non-hydrogen) atoms. The number of anilines is 1. The summed E-state index contributed by atoms with van der Waals surface area (Å²) in [6.07, 6.45) is 0.773. The Bertz CT molecular complexity index is 773. The molecule has 0 unspecified atom stereocenters. The molecule has 1 heterocycles. The topological polar surface area (TPSA) is 49.4 Å². The first kappa shape index (κ1) is 15.6. The Morgan fingerprint density at radius 1 is 1.13 bits per heavy atom. The van der Waals surface area contributed by atoms with E-state index in [1.165, 1.54) is 5.56 Å². The number of aryl methyl sites for hydroxylation is 1. The first-order chi connectivity index (χ1) is 11.0. The van der Waals surface area contributed by atoms with E-state index >= 15 is 0 Å². The van der Waals surface area contributed by atoms with Crippen molar-refractivity contribution in [2.75, 3.05) is 11.9 Å². The fourth-order valence-corrected chi connectivity index (χ4v) is 2.98. The summed E-state index contributed by atoms with van der Waals surface area (Å²) >= 11 is 5.90. The minimum absolute atomic E-state index is 0.474. The van der Waals surface area contributed by atoms with Crippen LogP contribution in [0.5, 0.6) is 0 Å². The maximum atomic E-state index is 12.4. The Morgan fingerprint density at radius 2 is 1.87 bits per heavy atom. The molecular weight excluding hydrogens is 312 g/mol. The molecule has 1 aliphatic heterocycles. The van der Waals surface area contributed by atoms with Crippen LogP contribution in [-0.2, 0) is 22.6 Å². The van der Waals surface area contributed by atoms with Crippen molar-refractivity contribution in [3.05, 3.63) is 64.2 Å². The monoisotopic (exact) mass is 328 g/mol. The van der Waals surface area contributed by atoms with Crippen LogP contribution in [0.2, 0.25) is 5.02 Å². The van der Waals surface area contributed by atoms with Crippen molar-refractivity contribution in [3.8, 4) is 0 Å². The Kier molecular flexibility index (Phi) is 4.35. The standard InChI is InChI=1S/C18H17ClN2O2/c1-12-10-15(19)6-7-16(12)20-17(22)18(23)21-9-8-13-4-2-3-5-14(13)11-21/h2-7,10H,8-9,11H2,1H3,(H,20,22). The average molecular weight is 329 g/mol. The van der Waals surface area contributed by atoms with E-state index < -0.39 is 11.8 Å². The fourth-order valence-electron chi connectivity index (χ4n) is 2.76. The molecule has 0 saturated heterocycles. The summed E-state index contributed by atoms with van der Waals surface area (Å²) < 4.78 is 0. The molecule has 5 heteroatoms. The van der Waals surface area contributed by atoms with Crippen molar-refractivity contribution in [3.63, 3.8) is 0 Å². The van der Waals surface area contributed by atoms with Crippen molar-refractivity contribution < 1.29 is 9.59 Å². The van der Waals surface area contributed by atoms with Crippen LogP contribution in [-0.4, -0.2) is 23.3 Å². The van der Waals surface area contributed by atoms with Gasteiger partial charge in [-0.05, 0) is 48.2 Å². The van der Waals surface area contributed by atoms with Gasteiger partial charge in [0.05, 0.1) is 0 Å². The van der Waals surface area contributed by atoms with Gasteiger partial charge in [-0.2, -0.15) is 0 Å². The van der Waals surface area contributed by atoms with Crippen LogP contribution in [0.15, 0.2) is 42.5 Å². The Hall–Kier alpha value is -2.33. The predicted molar refractivity (Wildman–Crippen MR) is 90.4 cm³/mol. The molecule has 0 atom stereocenters. The Balaban J connectivity index is 1.70. The number of amides is 2. The molecule has 0 aliphatic carbocycles. The second-order valence-corrected chi connectivity index (χ2v) is 6.10. The first-order valence-electron chi connectivity index (χ1n) is 7.48. The normalized spacial score (nSPS) is 13.4. The number of hydrogen-bond donors (Lipinski definition) is 1. The first-order valence-corrected chi connectivity index (χ1v) is 7.85. The molecule has 0 saturated carbocycles. The summed E-state index contributed by atoms with van der Waals surface area (Å²) in [5.41, 5.74) is 3.76. The predicted octanol–water partition coefficient (Wildman–Crippen LogP) is 3.17. The third kappa shape index (κ3) is 3.37. The van der Waals surface area contributed by atoms with Crippen LogP contribution in [0.1, 0.15) is 16.7 Å². The summed E-state index contributed by atoms with van der Waals surface area (Å²) in [6.45, 7) is 2.87. The summed E-state index contributed by atoms with van der Waals surface area (Å²) in [7, 11) is 0. The van der Waals surface area contributed by atoms with Gasteiger partial charge in [0.25, 0.3) is 0 Å². The van der Waals surface area contributed by atoms with Gasteiger partial charge in [0.2, 0.25) is 0 Å². The summed E-state index contributed by atoms with van der Waals surface area (Å²) in [4.78, 5) is 26.2. The van der Waals surface area contributed by atoms with Crippen molar-refractivity contribution in [1.82, 2.24) is 4.90 Å². The maximum absolute atomic E-state index is 12.4. The number of benzene rings is 2. The van der Waals surface area contributed by atoms with Crippen LogP contribution in [0.4, 0.5) is 5.69 Å². The van der Waals surface area contributed by atoms with Crippen LogP contribution in [0, 0.1) is 6.92 Å². The molecule has 0 spiro atoms. The van der Waals surface area contributed by atoms with E-state index in [4.69, 9.17) is 11.6 Å². The molecule has 2 amide bonds. The van der Waals surface area contributed by atoms with Gasteiger partial charge in [0, 0.05) is 23.8 Å². The Morgan fingerprint density at radius 3 is 2.61 bits per heavy atom. The lowest BCUT2D eigenvalue weighted by Crippen LogP contribution is -2.42. The van der Waals surface area contributed by atoms with Crippen molar-refractivity contribution in [2.24, 2.45) is 0 Å². The van der Waals surface area contributed by atoms with Crippen LogP contribution in [0.3, 0.4) is 0 Å². The smallest absolute Gasteiger partial charge is 0.313 e. The van der Waals surface area contributed by atoms with Crippen LogP contribution in [0.25, 0.3) is 0 Å². The number of nitrogens with zero attached hydrogens (tertiary/aromatic N) is 1. The van der Waals surface area contributed by atoms with Gasteiger partial charge in [0.1, 0.15) is 0 Å². The third-order valence-electron chi connectivity index (χ3n) is 4.05. The second kappa shape index (κ2) is 6.42. The fraction of sp³-hybridized carbons (Fsp3) is 0.222. The highest BCUT2D eigenvalue weighted by molar-refractivity contribution is 6.39. The quantitative estimate of drug-likeness (QED) is 0.817. The summed E-state index contributed by atoms with van der Waals surface area (Å²) in [5.74, 6) is -1.12. The van der Waals surface area contributed by atoms with Gasteiger partial charge in [-0.3, -0.25) is 9.59 Å². The molecule has 1 N–H and O–H groups in total. The number of hydrogen-bond acceptors (Lipinski definition) is 2. The van der Waals surface area contributed by atoms with E-state index in [0.717, 1.165) is 17.5 Å². The molecule has 0 radical (unpaired) electrons. The summed E-state index contributed by atoms with van der Waals surface area (Å²) in [5, 5.41) is 3.27. The molecular formula is C18H17ClN2O2. The average Bonchev–Trinajstić information content (AvgIpc) is 2.56. The highest BCUT2D eigenvalue weighted by Crippen LogP contribution is 2.21. The van der Waals surface area contributed by atoms with Gasteiger partial charge in [-0.15, -0.1) is 0 Å². The van der Waals surface area contributed by atoms with E-state index in [0.29, 0.717) is 23.8 Å². The van der Waals surface area contributed by atoms with E-state index in [-0.39, 0.29) is 0 Å². The molecule has 2 aromatic rings. The van der Waals surface area contributed by atoms with Gasteiger partial charge < -0.3 is 10.2 Å². The van der Waals surface area contributed by atoms with E-state index in [1.54, 1.807) is 23.1 Å². The number of rotatable bonds is 1. The SMILES string of the molecule is Cc1cc(Cl)ccc1NC(=O)C(=O)N1CCc2ccccc2C1. The molecule has 0 bridgehead atoms. The second-order valence-electron chi connectivity index (χ2n) is 5.66. The van der Waals surface area contributed by atoms with Gasteiger partial charge >= 0.3 is 11.8 Å². The molecule has 3 rings (SSSR count). The zero-order valence-corrected chi connectivity index (χ0v) is 13.6. The largest absolute Gasteiger partial charge is 0.330 e.